The van der Waals surface area contributed by atoms with E-state index in [1.165, 1.54) is 11.1 Å². The second-order valence-corrected chi connectivity index (χ2v) is 6.44. The number of aliphatic hydroxyl groups excluding tert-OH is 2. The van der Waals surface area contributed by atoms with Crippen molar-refractivity contribution in [2.24, 2.45) is 0 Å². The third-order valence-corrected chi connectivity index (χ3v) is 5.98. The molecule has 1 heterocycles. The average molecular weight is 321 g/mol. The van der Waals surface area contributed by atoms with Crippen molar-refractivity contribution in [3.8, 4) is 0 Å². The highest BCUT2D eigenvalue weighted by Gasteiger charge is 2.56. The van der Waals surface area contributed by atoms with Crippen LogP contribution >= 0.6 is 0 Å². The van der Waals surface area contributed by atoms with E-state index < -0.39 is 0 Å². The standard InChI is InChI=1S/C19H31NO3/c1-6-18(7-2)16-10-14(12-21)15(13-22)11-17(16)19(8-3,9-4)20(18)23-5/h10-11,21-22H,6-9,12-13H2,1-5H3. The summed E-state index contributed by atoms with van der Waals surface area (Å²) in [6.07, 6.45) is 3.76. The Bertz CT molecular complexity index is 501. The number of benzene rings is 1. The topological polar surface area (TPSA) is 52.9 Å². The zero-order valence-electron chi connectivity index (χ0n) is 15.1. The predicted molar refractivity (Wildman–Crippen MR) is 91.7 cm³/mol. The van der Waals surface area contributed by atoms with Gasteiger partial charge < -0.3 is 15.1 Å². The van der Waals surface area contributed by atoms with Gasteiger partial charge in [-0.1, -0.05) is 39.8 Å². The molecule has 0 spiro atoms. The summed E-state index contributed by atoms with van der Waals surface area (Å²) in [6, 6.07) is 4.18. The Labute approximate surface area is 140 Å². The quantitative estimate of drug-likeness (QED) is 0.806. The van der Waals surface area contributed by atoms with Crippen LogP contribution in [-0.4, -0.2) is 22.4 Å². The second-order valence-electron chi connectivity index (χ2n) is 6.44. The van der Waals surface area contributed by atoms with Crippen LogP contribution in [0.1, 0.15) is 75.6 Å². The molecular weight excluding hydrogens is 290 g/mol. The molecule has 0 radical (unpaired) electrons. The maximum absolute atomic E-state index is 9.71. The average Bonchev–Trinajstić information content (AvgIpc) is 2.85. The number of nitrogens with zero attached hydrogens (tertiary/aromatic N) is 1. The van der Waals surface area contributed by atoms with Gasteiger partial charge in [-0.3, -0.25) is 0 Å². The Balaban J connectivity index is 2.84. The minimum Gasteiger partial charge on any atom is -0.392 e. The molecule has 1 aromatic rings. The number of hydrogen-bond donors (Lipinski definition) is 2. The lowest BCUT2D eigenvalue weighted by molar-refractivity contribution is -0.264. The normalized spacial score (nSPS) is 19.1. The van der Waals surface area contributed by atoms with Crippen molar-refractivity contribution in [1.82, 2.24) is 5.06 Å². The molecule has 0 bridgehead atoms. The van der Waals surface area contributed by atoms with Crippen molar-refractivity contribution in [2.45, 2.75) is 77.7 Å². The molecular formula is C19H31NO3. The highest BCUT2D eigenvalue weighted by atomic mass is 16.7. The summed E-state index contributed by atoms with van der Waals surface area (Å²) in [7, 11) is 1.76. The van der Waals surface area contributed by atoms with Crippen LogP contribution in [0.25, 0.3) is 0 Å². The van der Waals surface area contributed by atoms with Gasteiger partial charge in [0.1, 0.15) is 0 Å². The molecule has 4 nitrogen and oxygen atoms in total. The van der Waals surface area contributed by atoms with Gasteiger partial charge in [-0.25, -0.2) is 0 Å². The van der Waals surface area contributed by atoms with E-state index in [0.717, 1.165) is 36.8 Å². The summed E-state index contributed by atoms with van der Waals surface area (Å²) in [5, 5.41) is 21.6. The molecule has 23 heavy (non-hydrogen) atoms. The molecule has 4 heteroatoms. The Morgan fingerprint density at radius 3 is 1.39 bits per heavy atom. The number of fused-ring (bicyclic) bond motifs is 1. The predicted octanol–water partition coefficient (Wildman–Crippen LogP) is 3.58. The van der Waals surface area contributed by atoms with Crippen molar-refractivity contribution in [3.05, 3.63) is 34.4 Å². The lowest BCUT2D eigenvalue weighted by Gasteiger charge is -2.44. The Morgan fingerprint density at radius 2 is 1.17 bits per heavy atom. The molecule has 130 valence electrons. The van der Waals surface area contributed by atoms with Crippen molar-refractivity contribution in [2.75, 3.05) is 7.11 Å². The maximum atomic E-state index is 9.71. The SMILES string of the molecule is CCC1(CC)c2cc(CO)c(CO)cc2C(CC)(CC)N1OC. The molecule has 0 saturated heterocycles. The van der Waals surface area contributed by atoms with E-state index in [1.807, 2.05) is 0 Å². The molecule has 0 aromatic heterocycles. The minimum absolute atomic E-state index is 0.0507. The zero-order chi connectivity index (χ0) is 17.3. The Morgan fingerprint density at radius 1 is 0.826 bits per heavy atom. The van der Waals surface area contributed by atoms with E-state index in [1.54, 1.807) is 7.11 Å². The van der Waals surface area contributed by atoms with Gasteiger partial charge >= 0.3 is 0 Å². The Hall–Kier alpha value is -0.940. The molecule has 0 atom stereocenters. The molecule has 0 fully saturated rings. The van der Waals surface area contributed by atoms with E-state index in [-0.39, 0.29) is 24.3 Å². The first kappa shape index (κ1) is 18.4. The van der Waals surface area contributed by atoms with E-state index in [4.69, 9.17) is 4.84 Å². The first-order chi connectivity index (χ1) is 11.0. The molecule has 1 aliphatic rings. The number of rotatable bonds is 7. The van der Waals surface area contributed by atoms with Crippen LogP contribution in [-0.2, 0) is 29.1 Å². The largest absolute Gasteiger partial charge is 0.392 e. The van der Waals surface area contributed by atoms with Gasteiger partial charge in [-0.15, -0.1) is 0 Å². The van der Waals surface area contributed by atoms with Crippen LogP contribution in [0.5, 0.6) is 0 Å². The summed E-state index contributed by atoms with van der Waals surface area (Å²) >= 11 is 0. The lowest BCUT2D eigenvalue weighted by Crippen LogP contribution is -2.49. The number of hydrogen-bond acceptors (Lipinski definition) is 4. The fourth-order valence-corrected chi connectivity index (χ4v) is 4.57. The van der Waals surface area contributed by atoms with Crippen molar-refractivity contribution in [1.29, 1.82) is 0 Å². The van der Waals surface area contributed by atoms with Gasteiger partial charge in [-0.2, -0.15) is 5.06 Å². The first-order valence-electron chi connectivity index (χ1n) is 8.77. The molecule has 0 unspecified atom stereocenters. The third-order valence-electron chi connectivity index (χ3n) is 5.98. The van der Waals surface area contributed by atoms with Crippen LogP contribution < -0.4 is 0 Å². The van der Waals surface area contributed by atoms with E-state index >= 15 is 0 Å². The lowest BCUT2D eigenvalue weighted by atomic mass is 9.80. The molecule has 0 amide bonds. The van der Waals surface area contributed by atoms with Crippen LogP contribution in [0.4, 0.5) is 0 Å². The van der Waals surface area contributed by atoms with Gasteiger partial charge in [0, 0.05) is 0 Å². The fourth-order valence-electron chi connectivity index (χ4n) is 4.57. The van der Waals surface area contributed by atoms with Crippen LogP contribution in [0.15, 0.2) is 12.1 Å². The second kappa shape index (κ2) is 6.89. The van der Waals surface area contributed by atoms with Crippen molar-refractivity contribution < 1.29 is 15.1 Å². The van der Waals surface area contributed by atoms with Gasteiger partial charge in [0.05, 0.1) is 31.4 Å². The van der Waals surface area contributed by atoms with Crippen molar-refractivity contribution >= 4 is 0 Å². The van der Waals surface area contributed by atoms with E-state index in [9.17, 15) is 10.2 Å². The summed E-state index contributed by atoms with van der Waals surface area (Å²) < 4.78 is 0. The third kappa shape index (κ3) is 2.35. The monoisotopic (exact) mass is 321 g/mol. The molecule has 2 rings (SSSR count). The highest BCUT2D eigenvalue weighted by Crippen LogP contribution is 2.56. The zero-order valence-corrected chi connectivity index (χ0v) is 15.1. The van der Waals surface area contributed by atoms with Gasteiger partial charge in [0.2, 0.25) is 0 Å². The molecule has 2 N–H and O–H groups in total. The van der Waals surface area contributed by atoms with Gasteiger partial charge in [0.25, 0.3) is 0 Å². The van der Waals surface area contributed by atoms with Crippen LogP contribution in [0.2, 0.25) is 0 Å². The van der Waals surface area contributed by atoms with Gasteiger partial charge in [-0.05, 0) is 47.9 Å². The van der Waals surface area contributed by atoms with Crippen molar-refractivity contribution in [3.63, 3.8) is 0 Å². The summed E-state index contributed by atoms with van der Waals surface area (Å²) in [5.41, 5.74) is 3.75. The van der Waals surface area contributed by atoms with E-state index in [2.05, 4.69) is 44.9 Å². The van der Waals surface area contributed by atoms with Crippen LogP contribution in [0, 0.1) is 0 Å². The first-order valence-corrected chi connectivity index (χ1v) is 8.77. The number of aliphatic hydroxyl groups is 2. The number of hydroxylamine groups is 2. The molecule has 0 aliphatic carbocycles. The highest BCUT2D eigenvalue weighted by molar-refractivity contribution is 5.49. The fraction of sp³-hybridized carbons (Fsp3) is 0.684. The molecule has 1 aliphatic heterocycles. The minimum atomic E-state index is -0.186. The smallest absolute Gasteiger partial charge is 0.0719 e. The molecule has 0 saturated carbocycles. The maximum Gasteiger partial charge on any atom is 0.0719 e. The summed E-state index contributed by atoms with van der Waals surface area (Å²) in [6.45, 7) is 8.67. The molecule has 1 aromatic carbocycles. The summed E-state index contributed by atoms with van der Waals surface area (Å²) in [4.78, 5) is 5.94. The van der Waals surface area contributed by atoms with Gasteiger partial charge in [0.15, 0.2) is 0 Å². The van der Waals surface area contributed by atoms with Crippen LogP contribution in [0.3, 0.4) is 0 Å². The Kier molecular flexibility index (Phi) is 5.52. The van der Waals surface area contributed by atoms with E-state index in [0.29, 0.717) is 0 Å². The summed E-state index contributed by atoms with van der Waals surface area (Å²) in [5.74, 6) is 0.